The molecule has 0 N–H and O–H groups in total. The van der Waals surface area contributed by atoms with Gasteiger partial charge in [0.1, 0.15) is 11.5 Å². The lowest BCUT2D eigenvalue weighted by molar-refractivity contribution is 0.487. The summed E-state index contributed by atoms with van der Waals surface area (Å²) in [6.45, 7) is 5.69. The van der Waals surface area contributed by atoms with Gasteiger partial charge in [0, 0.05) is 16.2 Å². The van der Waals surface area contributed by atoms with Crippen LogP contribution in [0.5, 0.6) is 0 Å². The van der Waals surface area contributed by atoms with Crippen LogP contribution in [0.3, 0.4) is 0 Å². The van der Waals surface area contributed by atoms with E-state index in [4.69, 9.17) is 4.42 Å². The number of hydrogen-bond acceptors (Lipinski definition) is 5. The molecule has 0 saturated carbocycles. The number of thiazole rings is 1. The Hall–Kier alpha value is -1.01. The van der Waals surface area contributed by atoms with Crippen molar-refractivity contribution in [3.8, 4) is 0 Å². The maximum atomic E-state index is 11.9. The summed E-state index contributed by atoms with van der Waals surface area (Å²) in [6.07, 6.45) is 0. The molecule has 6 heteroatoms. The highest BCUT2D eigenvalue weighted by molar-refractivity contribution is 7.83. The summed E-state index contributed by atoms with van der Waals surface area (Å²) in [5, 5.41) is 2.94. The van der Waals surface area contributed by atoms with E-state index in [1.807, 2.05) is 26.2 Å². The van der Waals surface area contributed by atoms with E-state index in [-0.39, 0.29) is 0 Å². The molecule has 17 heavy (non-hydrogen) atoms. The summed E-state index contributed by atoms with van der Waals surface area (Å²) in [5.41, 5.74) is 1.74. The fourth-order valence-electron chi connectivity index (χ4n) is 1.43. The molecule has 1 atom stereocenters. The predicted molar refractivity (Wildman–Crippen MR) is 68.4 cm³/mol. The standard InChI is InChI=1S/C11H14N2O2S2/c1-7-8(2)15-11(12-7)6-17(14)5-10-4-16-9(3)13-10/h4H,5-6H2,1-3H3. The molecule has 2 heterocycles. The molecule has 0 amide bonds. The molecule has 2 aromatic rings. The zero-order chi connectivity index (χ0) is 12.4. The van der Waals surface area contributed by atoms with Crippen LogP contribution < -0.4 is 0 Å². The summed E-state index contributed by atoms with van der Waals surface area (Å²) in [7, 11) is -1.02. The highest BCUT2D eigenvalue weighted by Crippen LogP contribution is 2.14. The Morgan fingerprint density at radius 1 is 1.29 bits per heavy atom. The quantitative estimate of drug-likeness (QED) is 0.856. The first kappa shape index (κ1) is 12.4. The third-order valence-corrected chi connectivity index (χ3v) is 4.34. The molecule has 2 rings (SSSR count). The number of rotatable bonds is 4. The van der Waals surface area contributed by atoms with Gasteiger partial charge in [0.2, 0.25) is 5.89 Å². The zero-order valence-corrected chi connectivity index (χ0v) is 11.7. The minimum absolute atomic E-state index is 0.352. The molecule has 2 aromatic heterocycles. The van der Waals surface area contributed by atoms with Crippen LogP contribution >= 0.6 is 11.3 Å². The molecule has 4 nitrogen and oxygen atoms in total. The average molecular weight is 270 g/mol. The van der Waals surface area contributed by atoms with Gasteiger partial charge in [-0.15, -0.1) is 11.3 Å². The van der Waals surface area contributed by atoms with Gasteiger partial charge >= 0.3 is 0 Å². The number of nitrogens with zero attached hydrogens (tertiary/aromatic N) is 2. The van der Waals surface area contributed by atoms with Gasteiger partial charge in [-0.3, -0.25) is 4.21 Å². The molecule has 0 fully saturated rings. The normalized spacial score (nSPS) is 12.9. The fourth-order valence-corrected chi connectivity index (χ4v) is 3.13. The monoisotopic (exact) mass is 270 g/mol. The van der Waals surface area contributed by atoms with Crippen LogP contribution in [-0.2, 0) is 22.3 Å². The van der Waals surface area contributed by atoms with Gasteiger partial charge in [-0.2, -0.15) is 0 Å². The smallest absolute Gasteiger partial charge is 0.207 e. The van der Waals surface area contributed by atoms with E-state index >= 15 is 0 Å². The third-order valence-electron chi connectivity index (χ3n) is 2.33. The van der Waals surface area contributed by atoms with E-state index in [1.165, 1.54) is 0 Å². The zero-order valence-electron chi connectivity index (χ0n) is 10.0. The Bertz CT molecular complexity index is 526. The predicted octanol–water partition coefficient (Wildman–Crippen LogP) is 2.51. The number of oxazole rings is 1. The largest absolute Gasteiger partial charge is 0.445 e. The first-order valence-corrected chi connectivity index (χ1v) is 7.60. The molecule has 0 aromatic carbocycles. The van der Waals surface area contributed by atoms with Crippen molar-refractivity contribution in [2.75, 3.05) is 0 Å². The lowest BCUT2D eigenvalue weighted by atomic mass is 10.4. The van der Waals surface area contributed by atoms with Gasteiger partial charge in [-0.1, -0.05) is 0 Å². The number of aromatic nitrogens is 2. The fraction of sp³-hybridized carbons (Fsp3) is 0.455. The van der Waals surface area contributed by atoms with Gasteiger partial charge in [0.05, 0.1) is 22.1 Å². The van der Waals surface area contributed by atoms with Crippen LogP contribution in [0.4, 0.5) is 0 Å². The summed E-state index contributed by atoms with van der Waals surface area (Å²) < 4.78 is 17.3. The van der Waals surface area contributed by atoms with Crippen LogP contribution in [0.2, 0.25) is 0 Å². The molecule has 92 valence electrons. The Morgan fingerprint density at radius 3 is 2.59 bits per heavy atom. The SMILES string of the molecule is Cc1nc(CS(=O)Cc2nc(C)c(C)o2)cs1. The minimum Gasteiger partial charge on any atom is -0.445 e. The number of hydrogen-bond donors (Lipinski definition) is 0. The van der Waals surface area contributed by atoms with E-state index in [2.05, 4.69) is 9.97 Å². The highest BCUT2D eigenvalue weighted by Gasteiger charge is 2.11. The van der Waals surface area contributed by atoms with Gasteiger partial charge < -0.3 is 4.42 Å². The van der Waals surface area contributed by atoms with Gasteiger partial charge in [0.15, 0.2) is 0 Å². The number of aryl methyl sites for hydroxylation is 3. The van der Waals surface area contributed by atoms with Gasteiger partial charge in [-0.25, -0.2) is 9.97 Å². The van der Waals surface area contributed by atoms with Crippen molar-refractivity contribution in [3.05, 3.63) is 33.4 Å². The molecular weight excluding hydrogens is 256 g/mol. The van der Waals surface area contributed by atoms with Gasteiger partial charge in [-0.05, 0) is 20.8 Å². The molecule has 0 aliphatic heterocycles. The van der Waals surface area contributed by atoms with E-state index < -0.39 is 10.8 Å². The lowest BCUT2D eigenvalue weighted by Gasteiger charge is -1.96. The van der Waals surface area contributed by atoms with E-state index in [9.17, 15) is 4.21 Å². The highest BCUT2D eigenvalue weighted by atomic mass is 32.2. The summed E-state index contributed by atoms with van der Waals surface area (Å²) in [6, 6.07) is 0. The Morgan fingerprint density at radius 2 is 2.06 bits per heavy atom. The van der Waals surface area contributed by atoms with Crippen molar-refractivity contribution in [1.29, 1.82) is 0 Å². The van der Waals surface area contributed by atoms with Crippen LogP contribution in [0.15, 0.2) is 9.80 Å². The Labute approximate surface area is 107 Å². The average Bonchev–Trinajstić information content (AvgIpc) is 2.75. The van der Waals surface area contributed by atoms with Crippen molar-refractivity contribution in [1.82, 2.24) is 9.97 Å². The Balaban J connectivity index is 1.97. The molecule has 0 radical (unpaired) electrons. The molecule has 0 saturated heterocycles. The van der Waals surface area contributed by atoms with Crippen molar-refractivity contribution in [2.45, 2.75) is 32.3 Å². The van der Waals surface area contributed by atoms with E-state index in [1.54, 1.807) is 11.3 Å². The summed E-state index contributed by atoms with van der Waals surface area (Å²) in [5.74, 6) is 2.16. The van der Waals surface area contributed by atoms with Gasteiger partial charge in [0.25, 0.3) is 0 Å². The first-order chi connectivity index (χ1) is 8.04. The van der Waals surface area contributed by atoms with Crippen molar-refractivity contribution < 1.29 is 8.63 Å². The summed E-state index contributed by atoms with van der Waals surface area (Å²) in [4.78, 5) is 8.51. The molecule has 0 spiro atoms. The second-order valence-corrected chi connectivity index (χ2v) is 6.35. The third kappa shape index (κ3) is 3.23. The van der Waals surface area contributed by atoms with Crippen LogP contribution in [0.1, 0.15) is 28.0 Å². The van der Waals surface area contributed by atoms with Crippen LogP contribution in [0.25, 0.3) is 0 Å². The van der Waals surface area contributed by atoms with E-state index in [0.717, 1.165) is 22.2 Å². The molecule has 1 unspecified atom stereocenters. The molecule has 0 bridgehead atoms. The van der Waals surface area contributed by atoms with Crippen molar-refractivity contribution >= 4 is 22.1 Å². The maximum absolute atomic E-state index is 11.9. The lowest BCUT2D eigenvalue weighted by Crippen LogP contribution is -2.00. The molecule has 0 aliphatic rings. The molecular formula is C11H14N2O2S2. The topological polar surface area (TPSA) is 56.0 Å². The van der Waals surface area contributed by atoms with Crippen molar-refractivity contribution in [3.63, 3.8) is 0 Å². The second kappa shape index (κ2) is 5.10. The van der Waals surface area contributed by atoms with Crippen molar-refractivity contribution in [2.24, 2.45) is 0 Å². The minimum atomic E-state index is -1.02. The first-order valence-electron chi connectivity index (χ1n) is 5.23. The Kier molecular flexibility index (Phi) is 3.73. The summed E-state index contributed by atoms with van der Waals surface area (Å²) >= 11 is 1.57. The molecule has 0 aliphatic carbocycles. The van der Waals surface area contributed by atoms with Crippen LogP contribution in [0, 0.1) is 20.8 Å². The maximum Gasteiger partial charge on any atom is 0.207 e. The van der Waals surface area contributed by atoms with Crippen LogP contribution in [-0.4, -0.2) is 14.2 Å². The van der Waals surface area contributed by atoms with E-state index in [0.29, 0.717) is 17.4 Å². The second-order valence-electron chi connectivity index (χ2n) is 3.84.